The Hall–Kier alpha value is -0.813. The SMILES string of the molecule is COc1cc(C[C@@H]2C(=O)C[C@H](C)CC2(C)C)c(C(C)(C)C)c(O[SiH](C)C)c1Br. The van der Waals surface area contributed by atoms with Crippen molar-refractivity contribution in [3.8, 4) is 11.5 Å². The molecule has 5 heteroatoms. The smallest absolute Gasteiger partial charge is 0.229 e. The van der Waals surface area contributed by atoms with Crippen LogP contribution in [0.5, 0.6) is 11.5 Å². The molecule has 0 aliphatic heterocycles. The quantitative estimate of drug-likeness (QED) is 0.475. The van der Waals surface area contributed by atoms with Gasteiger partial charge in [-0.05, 0) is 70.2 Å². The van der Waals surface area contributed by atoms with Gasteiger partial charge in [0.1, 0.15) is 21.8 Å². The number of halogens is 1. The van der Waals surface area contributed by atoms with Crippen LogP contribution in [0, 0.1) is 17.3 Å². The third-order valence-electron chi connectivity index (χ3n) is 5.77. The average molecular weight is 470 g/mol. The highest BCUT2D eigenvalue weighted by Crippen LogP contribution is 2.48. The molecule has 0 radical (unpaired) electrons. The Morgan fingerprint density at radius 1 is 1.29 bits per heavy atom. The first-order valence-corrected chi connectivity index (χ1v) is 13.9. The third kappa shape index (κ3) is 5.02. The number of methoxy groups -OCH3 is 1. The summed E-state index contributed by atoms with van der Waals surface area (Å²) in [4.78, 5) is 13.0. The van der Waals surface area contributed by atoms with Gasteiger partial charge in [-0.2, -0.15) is 0 Å². The van der Waals surface area contributed by atoms with Crippen molar-refractivity contribution in [3.63, 3.8) is 0 Å². The van der Waals surface area contributed by atoms with Crippen LogP contribution in [0.3, 0.4) is 0 Å². The Bertz CT molecular complexity index is 734. The average Bonchev–Trinajstić information content (AvgIpc) is 2.51. The lowest BCUT2D eigenvalue weighted by Crippen LogP contribution is -2.40. The lowest BCUT2D eigenvalue weighted by Gasteiger charge is -2.41. The number of hydrogen-bond acceptors (Lipinski definition) is 3. The largest absolute Gasteiger partial charge is 0.546 e. The fraction of sp³-hybridized carbons (Fsp3) is 0.696. The molecule has 0 aromatic heterocycles. The maximum atomic E-state index is 13.0. The summed E-state index contributed by atoms with van der Waals surface area (Å²) in [6.45, 7) is 17.7. The number of carbonyl (C=O) groups excluding carboxylic acids is 1. The van der Waals surface area contributed by atoms with Gasteiger partial charge in [-0.3, -0.25) is 4.79 Å². The van der Waals surface area contributed by atoms with E-state index in [1.807, 2.05) is 0 Å². The van der Waals surface area contributed by atoms with Crippen LogP contribution in [-0.2, 0) is 16.6 Å². The molecule has 0 N–H and O–H groups in total. The lowest BCUT2D eigenvalue weighted by atomic mass is 9.62. The maximum Gasteiger partial charge on any atom is 0.229 e. The van der Waals surface area contributed by atoms with Crippen LogP contribution in [0.2, 0.25) is 13.1 Å². The molecule has 2 rings (SSSR count). The normalized spacial score (nSPS) is 22.5. The molecule has 0 amide bonds. The molecule has 0 spiro atoms. The zero-order valence-corrected chi connectivity index (χ0v) is 21.8. The number of Topliss-reactive ketones (excluding diaryl/α,β-unsaturated/α-hetero) is 1. The van der Waals surface area contributed by atoms with E-state index < -0.39 is 9.04 Å². The molecule has 158 valence electrons. The minimum absolute atomic E-state index is 0.00195. The molecule has 2 atom stereocenters. The van der Waals surface area contributed by atoms with Crippen LogP contribution >= 0.6 is 15.9 Å². The van der Waals surface area contributed by atoms with Gasteiger partial charge >= 0.3 is 0 Å². The predicted molar refractivity (Wildman–Crippen MR) is 123 cm³/mol. The van der Waals surface area contributed by atoms with Crippen molar-refractivity contribution in [1.82, 2.24) is 0 Å². The van der Waals surface area contributed by atoms with Crippen molar-refractivity contribution < 1.29 is 14.0 Å². The number of ether oxygens (including phenoxy) is 1. The van der Waals surface area contributed by atoms with Crippen LogP contribution in [0.25, 0.3) is 0 Å². The Morgan fingerprint density at radius 3 is 2.36 bits per heavy atom. The highest BCUT2D eigenvalue weighted by molar-refractivity contribution is 9.10. The second-order valence-corrected chi connectivity index (χ2v) is 13.5. The maximum absolute atomic E-state index is 13.0. The van der Waals surface area contributed by atoms with Gasteiger partial charge in [0.2, 0.25) is 9.04 Å². The molecule has 0 bridgehead atoms. The molecule has 3 nitrogen and oxygen atoms in total. The molecular formula is C23H37BrO3Si. The molecule has 1 aromatic rings. The summed E-state index contributed by atoms with van der Waals surface area (Å²) in [5, 5.41) is 0. The Balaban J connectivity index is 2.64. The monoisotopic (exact) mass is 468 g/mol. The van der Waals surface area contributed by atoms with Crippen molar-refractivity contribution in [2.45, 2.75) is 79.3 Å². The summed E-state index contributed by atoms with van der Waals surface area (Å²) in [5.41, 5.74) is 2.28. The number of hydrogen-bond donors (Lipinski definition) is 0. The van der Waals surface area contributed by atoms with E-state index in [-0.39, 0.29) is 16.7 Å². The number of rotatable bonds is 5. The van der Waals surface area contributed by atoms with Crippen LogP contribution < -0.4 is 9.16 Å². The molecule has 1 aliphatic carbocycles. The predicted octanol–water partition coefficient (Wildman–Crippen LogP) is 6.30. The van der Waals surface area contributed by atoms with E-state index >= 15 is 0 Å². The van der Waals surface area contributed by atoms with Gasteiger partial charge in [0.15, 0.2) is 0 Å². The lowest BCUT2D eigenvalue weighted by molar-refractivity contribution is -0.131. The van der Waals surface area contributed by atoms with Crippen molar-refractivity contribution in [1.29, 1.82) is 0 Å². The molecule has 1 fully saturated rings. The van der Waals surface area contributed by atoms with Gasteiger partial charge in [-0.25, -0.2) is 0 Å². The summed E-state index contributed by atoms with van der Waals surface area (Å²) in [6, 6.07) is 2.11. The number of carbonyl (C=O) groups is 1. The van der Waals surface area contributed by atoms with Gasteiger partial charge in [-0.15, -0.1) is 0 Å². The molecule has 0 saturated heterocycles. The first kappa shape index (κ1) is 23.5. The van der Waals surface area contributed by atoms with E-state index in [0.717, 1.165) is 28.8 Å². The van der Waals surface area contributed by atoms with Gasteiger partial charge in [0.25, 0.3) is 0 Å². The topological polar surface area (TPSA) is 35.5 Å². The van der Waals surface area contributed by atoms with Crippen molar-refractivity contribution in [2.75, 3.05) is 7.11 Å². The minimum atomic E-state index is -1.32. The third-order valence-corrected chi connectivity index (χ3v) is 7.23. The summed E-state index contributed by atoms with van der Waals surface area (Å²) in [6.07, 6.45) is 2.52. The summed E-state index contributed by atoms with van der Waals surface area (Å²) >= 11 is 3.72. The Labute approximate surface area is 181 Å². The van der Waals surface area contributed by atoms with E-state index in [1.165, 1.54) is 11.1 Å². The van der Waals surface area contributed by atoms with Crippen LogP contribution in [0.1, 0.15) is 65.5 Å². The second kappa shape index (κ2) is 8.51. The highest BCUT2D eigenvalue weighted by atomic mass is 79.9. The van der Waals surface area contributed by atoms with Crippen molar-refractivity contribution >= 4 is 30.8 Å². The highest BCUT2D eigenvalue weighted by Gasteiger charge is 2.42. The van der Waals surface area contributed by atoms with E-state index in [9.17, 15) is 4.79 Å². The first-order chi connectivity index (χ1) is 12.8. The molecule has 28 heavy (non-hydrogen) atoms. The van der Waals surface area contributed by atoms with Crippen LogP contribution in [0.4, 0.5) is 0 Å². The van der Waals surface area contributed by atoms with E-state index in [2.05, 4.69) is 76.6 Å². The molecule has 1 aromatic carbocycles. The van der Waals surface area contributed by atoms with E-state index in [4.69, 9.17) is 9.16 Å². The Kier molecular flexibility index (Phi) is 7.13. The molecule has 0 unspecified atom stereocenters. The summed E-state index contributed by atoms with van der Waals surface area (Å²) in [7, 11) is 0.367. The number of benzene rings is 1. The molecule has 1 aliphatic rings. The van der Waals surface area contributed by atoms with Gasteiger partial charge in [0, 0.05) is 17.9 Å². The van der Waals surface area contributed by atoms with Crippen molar-refractivity contribution in [3.05, 3.63) is 21.7 Å². The van der Waals surface area contributed by atoms with Crippen LogP contribution in [-0.4, -0.2) is 21.9 Å². The summed E-state index contributed by atoms with van der Waals surface area (Å²) < 4.78 is 12.9. The number of ketones is 1. The second-order valence-electron chi connectivity index (χ2n) is 10.4. The van der Waals surface area contributed by atoms with Crippen molar-refractivity contribution in [2.24, 2.45) is 17.3 Å². The molecule has 0 heterocycles. The Morgan fingerprint density at radius 2 is 1.89 bits per heavy atom. The molecular weight excluding hydrogens is 432 g/mol. The van der Waals surface area contributed by atoms with Gasteiger partial charge < -0.3 is 9.16 Å². The molecule has 1 saturated carbocycles. The zero-order valence-electron chi connectivity index (χ0n) is 19.0. The zero-order chi connectivity index (χ0) is 21.4. The summed E-state index contributed by atoms with van der Waals surface area (Å²) in [5.74, 6) is 2.57. The van der Waals surface area contributed by atoms with E-state index in [0.29, 0.717) is 18.1 Å². The first-order valence-electron chi connectivity index (χ1n) is 10.4. The fourth-order valence-electron chi connectivity index (χ4n) is 4.78. The van der Waals surface area contributed by atoms with Gasteiger partial charge in [0.05, 0.1) is 7.11 Å². The fourth-order valence-corrected chi connectivity index (χ4v) is 6.23. The minimum Gasteiger partial charge on any atom is -0.546 e. The van der Waals surface area contributed by atoms with Crippen LogP contribution in [0.15, 0.2) is 10.5 Å². The standard InChI is InChI=1S/C23H37BrO3Si/c1-14-10-17(25)16(23(5,6)13-14)11-15-12-18(26-7)20(24)21(27-28(8)9)19(15)22(2,3)4/h12,14,16,28H,10-11,13H2,1-9H3/t14-,16+/m0/s1. The van der Waals surface area contributed by atoms with Gasteiger partial charge in [-0.1, -0.05) is 41.5 Å². The van der Waals surface area contributed by atoms with E-state index in [1.54, 1.807) is 7.11 Å².